The van der Waals surface area contributed by atoms with Crippen molar-refractivity contribution >= 4 is 14.3 Å². The zero-order valence-electron chi connectivity index (χ0n) is 8.95. The molecule has 1 aromatic rings. The summed E-state index contributed by atoms with van der Waals surface area (Å²) in [5, 5.41) is 0. The minimum Gasteiger partial charge on any atom is -0.366 e. The zero-order chi connectivity index (χ0) is 12.0. The first-order chi connectivity index (χ1) is 7.70. The molecule has 3 atom stereocenters. The summed E-state index contributed by atoms with van der Waals surface area (Å²) in [7, 11) is -2.50. The van der Waals surface area contributed by atoms with Crippen LogP contribution in [-0.2, 0) is 14.1 Å². The number of hydrogen-bond acceptors (Lipinski definition) is 3. The molecular weight excluding hydrogens is 227 g/mol. The monoisotopic (exact) mass is 241 g/mol. The molecule has 0 fully saturated rings. The highest BCUT2D eigenvalue weighted by Gasteiger charge is 2.39. The van der Waals surface area contributed by atoms with E-state index in [2.05, 4.69) is 0 Å². The molecular formula is C11H14O4P+. The second-order valence-electron chi connectivity index (χ2n) is 3.21. The van der Waals surface area contributed by atoms with Gasteiger partial charge in [0.2, 0.25) is 5.66 Å². The fraction of sp³-hybridized carbons (Fsp3) is 0.364. The Bertz CT molecular complexity index is 352. The van der Waals surface area contributed by atoms with Gasteiger partial charge in [0, 0.05) is 12.2 Å². The molecule has 86 valence electrons. The summed E-state index contributed by atoms with van der Waals surface area (Å²) in [4.78, 5) is 20.1. The van der Waals surface area contributed by atoms with E-state index in [0.717, 1.165) is 0 Å². The van der Waals surface area contributed by atoms with E-state index in [4.69, 9.17) is 4.74 Å². The van der Waals surface area contributed by atoms with Crippen LogP contribution in [0.5, 0.6) is 0 Å². The number of ether oxygens (including phenoxy) is 1. The standard InChI is InChI=1S/C11H13O4P/c1-2-15-10(8-12)11(16(13)14)9-6-4-3-5-7-9/h3-8,10-11H,2H2,1H3/p+1. The maximum absolute atomic E-state index is 11.3. The Labute approximate surface area is 95.1 Å². The highest BCUT2D eigenvalue weighted by atomic mass is 31.1. The highest BCUT2D eigenvalue weighted by molar-refractivity contribution is 7.38. The molecule has 0 aliphatic rings. The summed E-state index contributed by atoms with van der Waals surface area (Å²) >= 11 is 0. The molecule has 1 N–H and O–H groups in total. The maximum atomic E-state index is 11.3. The van der Waals surface area contributed by atoms with Crippen LogP contribution in [0.1, 0.15) is 18.1 Å². The van der Waals surface area contributed by atoms with Crippen LogP contribution in [0.4, 0.5) is 0 Å². The van der Waals surface area contributed by atoms with Crippen molar-refractivity contribution in [3.8, 4) is 0 Å². The fourth-order valence-electron chi connectivity index (χ4n) is 1.49. The average molecular weight is 241 g/mol. The van der Waals surface area contributed by atoms with Gasteiger partial charge in [0.05, 0.1) is 0 Å². The topological polar surface area (TPSA) is 63.6 Å². The average Bonchev–Trinajstić information content (AvgIpc) is 2.29. The molecule has 1 aromatic carbocycles. The number of carbonyl (C=O) groups excluding carboxylic acids is 1. The minimum absolute atomic E-state index is 0.329. The molecule has 0 saturated heterocycles. The van der Waals surface area contributed by atoms with Gasteiger partial charge in [0.15, 0.2) is 12.4 Å². The number of hydrogen-bond donors (Lipinski definition) is 1. The normalized spacial score (nSPS) is 15.2. The lowest BCUT2D eigenvalue weighted by molar-refractivity contribution is -0.118. The Hall–Kier alpha value is -1.09. The number of aldehydes is 1. The van der Waals surface area contributed by atoms with E-state index in [1.54, 1.807) is 31.2 Å². The van der Waals surface area contributed by atoms with Crippen LogP contribution in [0.3, 0.4) is 0 Å². The van der Waals surface area contributed by atoms with Gasteiger partial charge in [-0.3, -0.25) is 0 Å². The van der Waals surface area contributed by atoms with E-state index in [-0.39, 0.29) is 0 Å². The van der Waals surface area contributed by atoms with Crippen molar-refractivity contribution in [1.82, 2.24) is 0 Å². The lowest BCUT2D eigenvalue weighted by Crippen LogP contribution is -2.21. The Balaban J connectivity index is 2.99. The van der Waals surface area contributed by atoms with Gasteiger partial charge in [-0.1, -0.05) is 30.3 Å². The van der Waals surface area contributed by atoms with E-state index in [9.17, 15) is 14.3 Å². The molecule has 0 aliphatic carbocycles. The van der Waals surface area contributed by atoms with Crippen molar-refractivity contribution in [3.05, 3.63) is 35.9 Å². The quantitative estimate of drug-likeness (QED) is 0.611. The minimum atomic E-state index is -2.50. The van der Waals surface area contributed by atoms with Crippen molar-refractivity contribution in [2.24, 2.45) is 0 Å². The fourth-order valence-corrected chi connectivity index (χ4v) is 2.33. The van der Waals surface area contributed by atoms with Gasteiger partial charge in [-0.05, 0) is 11.5 Å². The molecule has 0 aliphatic heterocycles. The molecule has 0 spiro atoms. The van der Waals surface area contributed by atoms with Gasteiger partial charge in [-0.25, -0.2) is 0 Å². The van der Waals surface area contributed by atoms with E-state index < -0.39 is 19.8 Å². The van der Waals surface area contributed by atoms with Crippen LogP contribution < -0.4 is 0 Å². The summed E-state index contributed by atoms with van der Waals surface area (Å²) in [5.41, 5.74) is -0.162. The molecule has 3 unspecified atom stereocenters. The summed E-state index contributed by atoms with van der Waals surface area (Å²) in [6, 6.07) is 8.75. The molecule has 5 heteroatoms. The third-order valence-electron chi connectivity index (χ3n) is 2.18. The number of carbonyl (C=O) groups is 1. The SMILES string of the molecule is CCOC(C=O)C(c1ccccc1)[P+](=O)O. The highest BCUT2D eigenvalue weighted by Crippen LogP contribution is 2.40. The van der Waals surface area contributed by atoms with Gasteiger partial charge in [0.25, 0.3) is 0 Å². The lowest BCUT2D eigenvalue weighted by atomic mass is 10.1. The Morgan fingerprint density at radius 3 is 2.50 bits per heavy atom. The smallest absolute Gasteiger partial charge is 0.366 e. The number of rotatable bonds is 6. The van der Waals surface area contributed by atoms with Crippen molar-refractivity contribution in [1.29, 1.82) is 0 Å². The number of benzene rings is 1. The van der Waals surface area contributed by atoms with Gasteiger partial charge < -0.3 is 9.53 Å². The molecule has 0 heterocycles. The van der Waals surface area contributed by atoms with Gasteiger partial charge in [0.1, 0.15) is 0 Å². The van der Waals surface area contributed by atoms with Crippen molar-refractivity contribution < 1.29 is 19.0 Å². The van der Waals surface area contributed by atoms with Crippen molar-refractivity contribution in [3.63, 3.8) is 0 Å². The van der Waals surface area contributed by atoms with Gasteiger partial charge in [-0.2, -0.15) is 4.89 Å². The first kappa shape index (κ1) is 13.0. The molecule has 4 nitrogen and oxygen atoms in total. The lowest BCUT2D eigenvalue weighted by Gasteiger charge is -2.12. The first-order valence-electron chi connectivity index (χ1n) is 4.97. The third-order valence-corrected chi connectivity index (χ3v) is 3.25. The van der Waals surface area contributed by atoms with Crippen LogP contribution in [0.25, 0.3) is 0 Å². The molecule has 0 saturated carbocycles. The summed E-state index contributed by atoms with van der Waals surface area (Å²) < 4.78 is 16.4. The maximum Gasteiger partial charge on any atom is 0.516 e. The summed E-state index contributed by atoms with van der Waals surface area (Å²) in [6.07, 6.45) is -0.300. The predicted molar refractivity (Wildman–Crippen MR) is 60.5 cm³/mol. The van der Waals surface area contributed by atoms with Crippen molar-refractivity contribution in [2.45, 2.75) is 18.7 Å². The van der Waals surface area contributed by atoms with E-state index >= 15 is 0 Å². The van der Waals surface area contributed by atoms with Gasteiger partial charge >= 0.3 is 8.03 Å². The second kappa shape index (κ2) is 6.48. The van der Waals surface area contributed by atoms with E-state index in [0.29, 0.717) is 18.5 Å². The summed E-state index contributed by atoms with van der Waals surface area (Å²) in [5.74, 6) is 0. The molecule has 16 heavy (non-hydrogen) atoms. The largest absolute Gasteiger partial charge is 0.516 e. The molecule has 0 radical (unpaired) electrons. The van der Waals surface area contributed by atoms with Crippen LogP contribution in [0, 0.1) is 0 Å². The zero-order valence-corrected chi connectivity index (χ0v) is 9.84. The van der Waals surface area contributed by atoms with Crippen molar-refractivity contribution in [2.75, 3.05) is 6.61 Å². The van der Waals surface area contributed by atoms with Crippen LogP contribution in [-0.4, -0.2) is 23.9 Å². The second-order valence-corrected chi connectivity index (χ2v) is 4.38. The van der Waals surface area contributed by atoms with Crippen LogP contribution >= 0.6 is 8.03 Å². The van der Waals surface area contributed by atoms with E-state index in [1.807, 2.05) is 6.07 Å². The predicted octanol–water partition coefficient (Wildman–Crippen LogP) is 2.07. The van der Waals surface area contributed by atoms with Gasteiger partial charge in [-0.15, -0.1) is 0 Å². The van der Waals surface area contributed by atoms with E-state index in [1.165, 1.54) is 0 Å². The molecule has 0 aromatic heterocycles. The Morgan fingerprint density at radius 2 is 2.06 bits per heavy atom. The Morgan fingerprint density at radius 1 is 1.44 bits per heavy atom. The summed E-state index contributed by atoms with van der Waals surface area (Å²) in [6.45, 7) is 2.07. The Kier molecular flexibility index (Phi) is 5.26. The molecule has 1 rings (SSSR count). The molecule has 0 bridgehead atoms. The van der Waals surface area contributed by atoms with Crippen LogP contribution in [0.2, 0.25) is 0 Å². The first-order valence-corrected chi connectivity index (χ1v) is 6.26. The third kappa shape index (κ3) is 3.20. The molecule has 0 amide bonds. The van der Waals surface area contributed by atoms with Crippen LogP contribution in [0.15, 0.2) is 30.3 Å².